The fraction of sp³-hybridized carbons (Fsp3) is 0.500. The highest BCUT2D eigenvalue weighted by Crippen LogP contribution is 2.16. The lowest BCUT2D eigenvalue weighted by Gasteiger charge is -2.31. The summed E-state index contributed by atoms with van der Waals surface area (Å²) in [4.78, 5) is 14.1. The number of amides is 1. The van der Waals surface area contributed by atoms with Gasteiger partial charge in [0.15, 0.2) is 0 Å². The lowest BCUT2D eigenvalue weighted by Crippen LogP contribution is -2.43. The van der Waals surface area contributed by atoms with Crippen LogP contribution in [0.4, 0.5) is 4.39 Å². The van der Waals surface area contributed by atoms with Crippen molar-refractivity contribution in [2.24, 2.45) is 0 Å². The third-order valence-corrected chi connectivity index (χ3v) is 3.60. The number of aryl methyl sites for hydroxylation is 1. The summed E-state index contributed by atoms with van der Waals surface area (Å²) in [6.07, 6.45) is 1.95. The summed E-state index contributed by atoms with van der Waals surface area (Å²) in [5, 5.41) is 3.23. The highest BCUT2D eigenvalue weighted by Gasteiger charge is 2.22. The monoisotopic (exact) mass is 286 g/mol. The largest absolute Gasteiger partial charge is 0.339 e. The Morgan fingerprint density at radius 3 is 2.53 bits per heavy atom. The fourth-order valence-electron chi connectivity index (χ4n) is 2.33. The van der Waals surface area contributed by atoms with Gasteiger partial charge in [-0.25, -0.2) is 4.39 Å². The minimum absolute atomic E-state index is 0. The van der Waals surface area contributed by atoms with Crippen molar-refractivity contribution in [2.45, 2.75) is 25.8 Å². The molecule has 1 aliphatic heterocycles. The summed E-state index contributed by atoms with van der Waals surface area (Å²) in [6.45, 7) is 3.21. The van der Waals surface area contributed by atoms with Crippen LogP contribution in [0.15, 0.2) is 18.2 Å². The Morgan fingerprint density at radius 2 is 2.00 bits per heavy atom. The van der Waals surface area contributed by atoms with Gasteiger partial charge in [-0.1, -0.05) is 0 Å². The van der Waals surface area contributed by atoms with Crippen LogP contribution in [-0.4, -0.2) is 37.0 Å². The molecular formula is C14H20ClFN2O. The van der Waals surface area contributed by atoms with Crippen LogP contribution in [0.1, 0.15) is 28.8 Å². The second-order valence-corrected chi connectivity index (χ2v) is 4.82. The van der Waals surface area contributed by atoms with Crippen molar-refractivity contribution in [3.8, 4) is 0 Å². The maximum absolute atomic E-state index is 13.2. The number of carbonyl (C=O) groups excluding carboxylic acids is 1. The van der Waals surface area contributed by atoms with Crippen molar-refractivity contribution in [2.75, 3.05) is 20.1 Å². The number of piperidine rings is 1. The van der Waals surface area contributed by atoms with Gasteiger partial charge >= 0.3 is 0 Å². The van der Waals surface area contributed by atoms with Gasteiger partial charge in [-0.2, -0.15) is 0 Å². The quantitative estimate of drug-likeness (QED) is 0.905. The van der Waals surface area contributed by atoms with Gasteiger partial charge < -0.3 is 10.2 Å². The number of hydrogen-bond acceptors (Lipinski definition) is 2. The van der Waals surface area contributed by atoms with Gasteiger partial charge in [0, 0.05) is 24.7 Å². The van der Waals surface area contributed by atoms with E-state index in [4.69, 9.17) is 0 Å². The normalized spacial score (nSPS) is 16.1. The molecule has 1 saturated heterocycles. The Bertz CT molecular complexity index is 445. The van der Waals surface area contributed by atoms with E-state index in [1.807, 2.05) is 11.9 Å². The molecule has 1 N–H and O–H groups in total. The molecule has 1 amide bonds. The van der Waals surface area contributed by atoms with Crippen molar-refractivity contribution in [1.82, 2.24) is 10.2 Å². The molecule has 3 nitrogen and oxygen atoms in total. The van der Waals surface area contributed by atoms with Crippen LogP contribution < -0.4 is 5.32 Å². The van der Waals surface area contributed by atoms with Crippen LogP contribution in [0.3, 0.4) is 0 Å². The Labute approximate surface area is 119 Å². The molecule has 106 valence electrons. The molecule has 1 aromatic rings. The van der Waals surface area contributed by atoms with Gasteiger partial charge in [-0.05, 0) is 50.6 Å². The molecule has 0 aliphatic carbocycles. The first-order chi connectivity index (χ1) is 8.61. The summed E-state index contributed by atoms with van der Waals surface area (Å²) < 4.78 is 13.2. The average molecular weight is 287 g/mol. The van der Waals surface area contributed by atoms with Crippen LogP contribution in [0, 0.1) is 12.7 Å². The fourth-order valence-corrected chi connectivity index (χ4v) is 2.33. The molecule has 5 heteroatoms. The van der Waals surface area contributed by atoms with Gasteiger partial charge in [0.2, 0.25) is 0 Å². The van der Waals surface area contributed by atoms with E-state index in [1.54, 1.807) is 19.1 Å². The second-order valence-electron chi connectivity index (χ2n) is 4.82. The van der Waals surface area contributed by atoms with E-state index in [2.05, 4.69) is 5.32 Å². The van der Waals surface area contributed by atoms with Crippen molar-refractivity contribution < 1.29 is 9.18 Å². The zero-order chi connectivity index (χ0) is 13.1. The minimum Gasteiger partial charge on any atom is -0.339 e. The predicted molar refractivity (Wildman–Crippen MR) is 76.4 cm³/mol. The molecule has 19 heavy (non-hydrogen) atoms. The van der Waals surface area contributed by atoms with E-state index >= 15 is 0 Å². The number of hydrogen-bond donors (Lipinski definition) is 1. The lowest BCUT2D eigenvalue weighted by molar-refractivity contribution is 0.0707. The first-order valence-electron chi connectivity index (χ1n) is 6.34. The molecule has 1 heterocycles. The predicted octanol–water partition coefficient (Wildman–Crippen LogP) is 2.38. The summed E-state index contributed by atoms with van der Waals surface area (Å²) in [5.41, 5.74) is 1.10. The van der Waals surface area contributed by atoms with Crippen LogP contribution >= 0.6 is 12.4 Å². The first-order valence-corrected chi connectivity index (χ1v) is 6.34. The number of rotatable bonds is 2. The maximum atomic E-state index is 13.2. The smallest absolute Gasteiger partial charge is 0.253 e. The van der Waals surface area contributed by atoms with E-state index in [0.29, 0.717) is 17.2 Å². The Hall–Kier alpha value is -1.13. The van der Waals surface area contributed by atoms with E-state index in [-0.39, 0.29) is 24.1 Å². The molecule has 0 radical (unpaired) electrons. The summed E-state index contributed by atoms with van der Waals surface area (Å²) in [7, 11) is 1.95. The molecule has 0 spiro atoms. The van der Waals surface area contributed by atoms with Crippen molar-refractivity contribution in [3.63, 3.8) is 0 Å². The van der Waals surface area contributed by atoms with Gasteiger partial charge in [-0.3, -0.25) is 4.79 Å². The van der Waals surface area contributed by atoms with Gasteiger partial charge in [-0.15, -0.1) is 12.4 Å². The highest BCUT2D eigenvalue weighted by atomic mass is 35.5. The Kier molecular flexibility index (Phi) is 5.76. The van der Waals surface area contributed by atoms with Crippen molar-refractivity contribution in [3.05, 3.63) is 35.1 Å². The van der Waals surface area contributed by atoms with Crippen LogP contribution in [-0.2, 0) is 0 Å². The number of nitrogens with one attached hydrogen (secondary N) is 1. The van der Waals surface area contributed by atoms with Crippen LogP contribution in [0.25, 0.3) is 0 Å². The standard InChI is InChI=1S/C14H19FN2O.ClH/c1-10-9-11(3-4-13(10)15)14(18)17-7-5-12(16-2)6-8-17;/h3-4,9,12,16H,5-8H2,1-2H3;1H. The lowest BCUT2D eigenvalue weighted by atomic mass is 10.0. The molecule has 1 aliphatic rings. The average Bonchev–Trinajstić information content (AvgIpc) is 2.41. The van der Waals surface area contributed by atoms with Gasteiger partial charge in [0.1, 0.15) is 5.82 Å². The number of benzene rings is 1. The Morgan fingerprint density at radius 1 is 1.37 bits per heavy atom. The second kappa shape index (κ2) is 6.87. The Balaban J connectivity index is 0.00000180. The summed E-state index contributed by atoms with van der Waals surface area (Å²) in [6, 6.07) is 5.06. The molecule has 0 unspecified atom stereocenters. The number of halogens is 2. The summed E-state index contributed by atoms with van der Waals surface area (Å²) in [5.74, 6) is -0.256. The van der Waals surface area contributed by atoms with Crippen LogP contribution in [0.2, 0.25) is 0 Å². The molecule has 0 saturated carbocycles. The molecule has 2 rings (SSSR count). The molecule has 1 aromatic carbocycles. The zero-order valence-corrected chi connectivity index (χ0v) is 12.1. The minimum atomic E-state index is -0.263. The number of nitrogens with zero attached hydrogens (tertiary/aromatic N) is 1. The van der Waals surface area contributed by atoms with E-state index in [1.165, 1.54) is 6.07 Å². The van der Waals surface area contributed by atoms with Crippen molar-refractivity contribution in [1.29, 1.82) is 0 Å². The molecule has 1 fully saturated rings. The first kappa shape index (κ1) is 15.9. The van der Waals surface area contributed by atoms with Gasteiger partial charge in [0.25, 0.3) is 5.91 Å². The third kappa shape index (κ3) is 3.67. The summed E-state index contributed by atoms with van der Waals surface area (Å²) >= 11 is 0. The maximum Gasteiger partial charge on any atom is 0.253 e. The SMILES string of the molecule is CNC1CCN(C(=O)c2ccc(F)c(C)c2)CC1.Cl. The van der Waals surface area contributed by atoms with E-state index in [0.717, 1.165) is 25.9 Å². The highest BCUT2D eigenvalue weighted by molar-refractivity contribution is 5.94. The molecule has 0 atom stereocenters. The van der Waals surface area contributed by atoms with E-state index in [9.17, 15) is 9.18 Å². The van der Waals surface area contributed by atoms with Gasteiger partial charge in [0.05, 0.1) is 0 Å². The van der Waals surface area contributed by atoms with Crippen LogP contribution in [0.5, 0.6) is 0 Å². The topological polar surface area (TPSA) is 32.3 Å². The third-order valence-electron chi connectivity index (χ3n) is 3.60. The molecular weight excluding hydrogens is 267 g/mol. The zero-order valence-electron chi connectivity index (χ0n) is 11.3. The van der Waals surface area contributed by atoms with Crippen molar-refractivity contribution >= 4 is 18.3 Å². The van der Waals surface area contributed by atoms with E-state index < -0.39 is 0 Å². The number of likely N-dealkylation sites (tertiary alicyclic amines) is 1. The molecule has 0 bridgehead atoms. The molecule has 0 aromatic heterocycles. The number of carbonyl (C=O) groups is 1.